The molecule has 0 fully saturated rings. The van der Waals surface area contributed by atoms with E-state index < -0.39 is 0 Å². The highest BCUT2D eigenvalue weighted by molar-refractivity contribution is 6.30. The van der Waals surface area contributed by atoms with Gasteiger partial charge in [-0.25, -0.2) is 0 Å². The first-order valence-electron chi connectivity index (χ1n) is 8.95. The second-order valence-corrected chi connectivity index (χ2v) is 6.33. The van der Waals surface area contributed by atoms with Crippen LogP contribution in [0.25, 0.3) is 11.4 Å². The van der Waals surface area contributed by atoms with Crippen LogP contribution in [0.1, 0.15) is 12.3 Å². The summed E-state index contributed by atoms with van der Waals surface area (Å²) in [6.07, 6.45) is 0.842. The summed E-state index contributed by atoms with van der Waals surface area (Å²) in [5, 5.41) is 11.0. The van der Waals surface area contributed by atoms with Crippen molar-refractivity contribution in [3.05, 3.63) is 65.5 Å². The van der Waals surface area contributed by atoms with Gasteiger partial charge in [0.25, 0.3) is 0 Å². The minimum absolute atomic E-state index is 0.369. The van der Waals surface area contributed by atoms with Crippen molar-refractivity contribution < 1.29 is 9.26 Å². The number of guanidine groups is 1. The first-order valence-corrected chi connectivity index (χ1v) is 9.33. The minimum Gasteiger partial charge on any atom is -0.494 e. The molecule has 1 aromatic heterocycles. The van der Waals surface area contributed by atoms with Gasteiger partial charge in [0.1, 0.15) is 5.75 Å². The number of halogens is 1. The lowest BCUT2D eigenvalue weighted by Gasteiger charge is -2.10. The van der Waals surface area contributed by atoms with Crippen molar-refractivity contribution in [1.29, 1.82) is 0 Å². The molecule has 2 N–H and O–H groups in total. The number of aromatic nitrogens is 2. The first kappa shape index (κ1) is 19.7. The lowest BCUT2D eigenvalue weighted by Crippen LogP contribution is -2.37. The van der Waals surface area contributed by atoms with Gasteiger partial charge >= 0.3 is 0 Å². The van der Waals surface area contributed by atoms with Gasteiger partial charge in [0, 0.05) is 24.2 Å². The minimum atomic E-state index is 0.369. The molecule has 0 spiro atoms. The van der Waals surface area contributed by atoms with Crippen molar-refractivity contribution in [2.24, 2.45) is 4.99 Å². The number of benzene rings is 2. The summed E-state index contributed by atoms with van der Waals surface area (Å²) in [5.74, 6) is 2.49. The van der Waals surface area contributed by atoms with Gasteiger partial charge in [-0.1, -0.05) is 47.1 Å². The third kappa shape index (κ3) is 5.99. The molecule has 3 aromatic rings. The van der Waals surface area contributed by atoms with Crippen LogP contribution in [0, 0.1) is 0 Å². The molecule has 7 nitrogen and oxygen atoms in total. The van der Waals surface area contributed by atoms with E-state index in [2.05, 4.69) is 25.8 Å². The SMILES string of the molecule is CN=C(NCCCOc1ccccc1)NCc1nc(-c2cccc(Cl)c2)no1. The smallest absolute Gasteiger partial charge is 0.246 e. The number of hydrogen-bond donors (Lipinski definition) is 2. The average molecular weight is 400 g/mol. The first-order chi connectivity index (χ1) is 13.7. The quantitative estimate of drug-likeness (QED) is 0.342. The van der Waals surface area contributed by atoms with Crippen LogP contribution >= 0.6 is 11.6 Å². The number of ether oxygens (including phenoxy) is 1. The Hall–Kier alpha value is -3.06. The van der Waals surface area contributed by atoms with E-state index in [9.17, 15) is 0 Å². The molecule has 1 heterocycles. The van der Waals surface area contributed by atoms with Crippen LogP contribution in [0.4, 0.5) is 0 Å². The highest BCUT2D eigenvalue weighted by Gasteiger charge is 2.09. The van der Waals surface area contributed by atoms with E-state index in [0.29, 0.717) is 35.8 Å². The molecule has 146 valence electrons. The van der Waals surface area contributed by atoms with Crippen LogP contribution in [0.2, 0.25) is 5.02 Å². The molecule has 2 aromatic carbocycles. The Morgan fingerprint density at radius 3 is 2.79 bits per heavy atom. The van der Waals surface area contributed by atoms with E-state index in [1.165, 1.54) is 0 Å². The Morgan fingerprint density at radius 1 is 1.14 bits per heavy atom. The zero-order valence-electron chi connectivity index (χ0n) is 15.6. The number of aliphatic imine (C=N–C) groups is 1. The zero-order chi connectivity index (χ0) is 19.6. The maximum Gasteiger partial charge on any atom is 0.246 e. The number of nitrogens with one attached hydrogen (secondary N) is 2. The second-order valence-electron chi connectivity index (χ2n) is 5.89. The van der Waals surface area contributed by atoms with Crippen LogP contribution in [0.5, 0.6) is 5.75 Å². The van der Waals surface area contributed by atoms with E-state index >= 15 is 0 Å². The normalized spacial score (nSPS) is 11.3. The molecule has 0 unspecified atom stereocenters. The molecule has 0 atom stereocenters. The Morgan fingerprint density at radius 2 is 2.00 bits per heavy atom. The molecular formula is C20H22ClN5O2. The summed E-state index contributed by atoms with van der Waals surface area (Å²) in [6.45, 7) is 1.72. The largest absolute Gasteiger partial charge is 0.494 e. The molecule has 28 heavy (non-hydrogen) atoms. The van der Waals surface area contributed by atoms with Gasteiger partial charge in [0.15, 0.2) is 5.96 Å². The summed E-state index contributed by atoms with van der Waals surface area (Å²) in [4.78, 5) is 8.55. The lowest BCUT2D eigenvalue weighted by atomic mass is 10.2. The lowest BCUT2D eigenvalue weighted by molar-refractivity contribution is 0.311. The van der Waals surface area contributed by atoms with Crippen molar-refractivity contribution in [3.8, 4) is 17.1 Å². The Balaban J connectivity index is 1.39. The number of nitrogens with zero attached hydrogens (tertiary/aromatic N) is 3. The van der Waals surface area contributed by atoms with E-state index in [1.807, 2.05) is 42.5 Å². The Bertz CT molecular complexity index is 898. The summed E-state index contributed by atoms with van der Waals surface area (Å²) in [7, 11) is 1.71. The molecule has 0 bridgehead atoms. The molecule has 0 radical (unpaired) electrons. The molecular weight excluding hydrogens is 378 g/mol. The maximum absolute atomic E-state index is 6.00. The number of hydrogen-bond acceptors (Lipinski definition) is 5. The van der Waals surface area contributed by atoms with E-state index in [0.717, 1.165) is 24.3 Å². The van der Waals surface area contributed by atoms with Crippen molar-refractivity contribution in [2.75, 3.05) is 20.2 Å². The summed E-state index contributed by atoms with van der Waals surface area (Å²) in [6, 6.07) is 17.1. The summed E-state index contributed by atoms with van der Waals surface area (Å²) < 4.78 is 10.9. The van der Waals surface area contributed by atoms with Gasteiger partial charge in [-0.2, -0.15) is 4.98 Å². The predicted molar refractivity (Wildman–Crippen MR) is 109 cm³/mol. The standard InChI is InChI=1S/C20H22ClN5O2/c1-22-20(23-11-6-12-27-17-9-3-2-4-10-17)24-14-18-25-19(26-28-18)15-7-5-8-16(21)13-15/h2-5,7-10,13H,6,11-12,14H2,1H3,(H2,22,23,24). The van der Waals surface area contributed by atoms with Crippen molar-refractivity contribution in [3.63, 3.8) is 0 Å². The molecule has 0 amide bonds. The maximum atomic E-state index is 6.00. The van der Waals surface area contributed by atoms with Crippen molar-refractivity contribution in [2.45, 2.75) is 13.0 Å². The van der Waals surface area contributed by atoms with Gasteiger partial charge in [-0.05, 0) is 30.7 Å². The van der Waals surface area contributed by atoms with Crippen LogP contribution in [-0.2, 0) is 6.54 Å². The zero-order valence-corrected chi connectivity index (χ0v) is 16.3. The predicted octanol–water partition coefficient (Wildman–Crippen LogP) is 3.52. The van der Waals surface area contributed by atoms with Gasteiger partial charge < -0.3 is 19.9 Å². The van der Waals surface area contributed by atoms with E-state index in [1.54, 1.807) is 19.2 Å². The summed E-state index contributed by atoms with van der Waals surface area (Å²) in [5.41, 5.74) is 0.809. The van der Waals surface area contributed by atoms with E-state index in [4.69, 9.17) is 20.9 Å². The molecule has 0 saturated heterocycles. The van der Waals surface area contributed by atoms with Crippen LogP contribution in [0.15, 0.2) is 64.1 Å². The van der Waals surface area contributed by atoms with Gasteiger partial charge in [0.05, 0.1) is 13.2 Å². The molecule has 8 heteroatoms. The number of para-hydroxylation sites is 1. The van der Waals surface area contributed by atoms with Gasteiger partial charge in [-0.15, -0.1) is 0 Å². The third-order valence-electron chi connectivity index (χ3n) is 3.81. The summed E-state index contributed by atoms with van der Waals surface area (Å²) >= 11 is 6.00. The fourth-order valence-electron chi connectivity index (χ4n) is 2.44. The molecule has 3 rings (SSSR count). The second kappa shape index (κ2) is 10.3. The van der Waals surface area contributed by atoms with Crippen LogP contribution < -0.4 is 15.4 Å². The van der Waals surface area contributed by atoms with Crippen molar-refractivity contribution in [1.82, 2.24) is 20.8 Å². The fraction of sp³-hybridized carbons (Fsp3) is 0.250. The topological polar surface area (TPSA) is 84.6 Å². The molecule has 0 aliphatic rings. The monoisotopic (exact) mass is 399 g/mol. The number of rotatable bonds is 8. The van der Waals surface area contributed by atoms with Crippen LogP contribution in [-0.4, -0.2) is 36.3 Å². The molecule has 0 saturated carbocycles. The van der Waals surface area contributed by atoms with Gasteiger partial charge in [0.2, 0.25) is 11.7 Å². The van der Waals surface area contributed by atoms with E-state index in [-0.39, 0.29) is 0 Å². The average Bonchev–Trinajstić information content (AvgIpc) is 3.20. The Kier molecular flexibility index (Phi) is 7.26. The molecule has 0 aliphatic heterocycles. The van der Waals surface area contributed by atoms with Crippen LogP contribution in [0.3, 0.4) is 0 Å². The molecule has 0 aliphatic carbocycles. The Labute approximate surface area is 168 Å². The fourth-order valence-corrected chi connectivity index (χ4v) is 2.63. The van der Waals surface area contributed by atoms with Gasteiger partial charge in [-0.3, -0.25) is 4.99 Å². The highest BCUT2D eigenvalue weighted by Crippen LogP contribution is 2.19. The van der Waals surface area contributed by atoms with Crippen molar-refractivity contribution >= 4 is 17.6 Å². The third-order valence-corrected chi connectivity index (χ3v) is 4.04. The highest BCUT2D eigenvalue weighted by atomic mass is 35.5.